The molecule has 3 nitrogen and oxygen atoms in total. The van der Waals surface area contributed by atoms with Crippen molar-refractivity contribution in [3.05, 3.63) is 28.3 Å². The summed E-state index contributed by atoms with van der Waals surface area (Å²) in [5.74, 6) is 0.0786. The maximum absolute atomic E-state index is 11.6. The van der Waals surface area contributed by atoms with E-state index in [-0.39, 0.29) is 0 Å². The van der Waals surface area contributed by atoms with Crippen LogP contribution in [-0.4, -0.2) is 18.2 Å². The molecule has 1 aliphatic rings. The lowest BCUT2D eigenvalue weighted by atomic mass is 9.64. The number of carbonyl (C=O) groups is 1. The quantitative estimate of drug-likeness (QED) is 0.909. The molecule has 0 saturated heterocycles. The number of halogens is 1. The molecule has 1 saturated carbocycles. The summed E-state index contributed by atoms with van der Waals surface area (Å²) in [6, 6.07) is 3.83. The fourth-order valence-corrected chi connectivity index (χ4v) is 2.95. The van der Waals surface area contributed by atoms with Crippen LogP contribution in [0.1, 0.15) is 50.2 Å². The molecular formula is C15H19ClO3. The average molecular weight is 283 g/mol. The van der Waals surface area contributed by atoms with Crippen LogP contribution < -0.4 is 4.74 Å². The standard InChI is InChI=1S/C15H19ClO3/c1-9(2)10-7-11(13(16)12(8-10)19-3)15(14(17)18)5-4-6-15/h7-9H,4-6H2,1-3H3,(H,17,18). The molecule has 0 aliphatic heterocycles. The van der Waals surface area contributed by atoms with Crippen LogP contribution in [0.4, 0.5) is 0 Å². The van der Waals surface area contributed by atoms with Crippen molar-refractivity contribution in [2.75, 3.05) is 7.11 Å². The molecular weight excluding hydrogens is 264 g/mol. The number of carboxylic acid groups (broad SMARTS) is 1. The Morgan fingerprint density at radius 3 is 2.42 bits per heavy atom. The molecule has 0 unspecified atom stereocenters. The lowest BCUT2D eigenvalue weighted by Crippen LogP contribution is -2.42. The average Bonchev–Trinajstić information content (AvgIpc) is 2.28. The predicted molar refractivity (Wildman–Crippen MR) is 75.3 cm³/mol. The third-order valence-corrected chi connectivity index (χ3v) is 4.47. The molecule has 1 N–H and O–H groups in total. The maximum Gasteiger partial charge on any atom is 0.314 e. The van der Waals surface area contributed by atoms with Gasteiger partial charge < -0.3 is 9.84 Å². The van der Waals surface area contributed by atoms with E-state index in [0.717, 1.165) is 12.0 Å². The van der Waals surface area contributed by atoms with Gasteiger partial charge in [0.05, 0.1) is 17.5 Å². The summed E-state index contributed by atoms with van der Waals surface area (Å²) < 4.78 is 5.30. The largest absolute Gasteiger partial charge is 0.495 e. The number of carboxylic acids is 1. The van der Waals surface area contributed by atoms with Crippen LogP contribution in [0.25, 0.3) is 0 Å². The van der Waals surface area contributed by atoms with Gasteiger partial charge in [-0.1, -0.05) is 37.9 Å². The molecule has 1 aromatic carbocycles. The zero-order valence-electron chi connectivity index (χ0n) is 11.5. The third kappa shape index (κ3) is 2.20. The van der Waals surface area contributed by atoms with E-state index in [9.17, 15) is 9.90 Å². The molecule has 1 aliphatic carbocycles. The van der Waals surface area contributed by atoms with Crippen molar-refractivity contribution in [3.8, 4) is 5.75 Å². The molecule has 19 heavy (non-hydrogen) atoms. The van der Waals surface area contributed by atoms with Gasteiger partial charge in [-0.15, -0.1) is 0 Å². The van der Waals surface area contributed by atoms with E-state index in [2.05, 4.69) is 13.8 Å². The molecule has 0 atom stereocenters. The second kappa shape index (κ2) is 5.04. The van der Waals surface area contributed by atoms with Gasteiger partial charge in [-0.3, -0.25) is 4.79 Å². The topological polar surface area (TPSA) is 46.5 Å². The Bertz CT molecular complexity index is 504. The van der Waals surface area contributed by atoms with E-state index in [1.165, 1.54) is 0 Å². The number of ether oxygens (including phenoxy) is 1. The van der Waals surface area contributed by atoms with Gasteiger partial charge in [0.25, 0.3) is 0 Å². The van der Waals surface area contributed by atoms with Crippen molar-refractivity contribution in [3.63, 3.8) is 0 Å². The first-order valence-corrected chi connectivity index (χ1v) is 6.91. The first-order chi connectivity index (χ1) is 8.92. The summed E-state index contributed by atoms with van der Waals surface area (Å²) >= 11 is 6.34. The monoisotopic (exact) mass is 282 g/mol. The molecule has 0 bridgehead atoms. The third-order valence-electron chi connectivity index (χ3n) is 4.08. The Hall–Kier alpha value is -1.22. The molecule has 2 rings (SSSR count). The second-order valence-corrected chi connectivity index (χ2v) is 5.86. The van der Waals surface area contributed by atoms with E-state index in [1.54, 1.807) is 7.11 Å². The summed E-state index contributed by atoms with van der Waals surface area (Å²) in [6.45, 7) is 4.14. The highest BCUT2D eigenvalue weighted by atomic mass is 35.5. The molecule has 1 aromatic rings. The molecule has 0 amide bonds. The van der Waals surface area contributed by atoms with Crippen LogP contribution in [0.2, 0.25) is 5.02 Å². The first-order valence-electron chi connectivity index (χ1n) is 6.53. The van der Waals surface area contributed by atoms with Crippen LogP contribution >= 0.6 is 11.6 Å². The first kappa shape index (κ1) is 14.2. The van der Waals surface area contributed by atoms with Crippen LogP contribution in [-0.2, 0) is 10.2 Å². The van der Waals surface area contributed by atoms with Crippen molar-refractivity contribution in [1.82, 2.24) is 0 Å². The molecule has 0 radical (unpaired) electrons. The molecule has 0 heterocycles. The van der Waals surface area contributed by atoms with Gasteiger partial charge in [-0.2, -0.15) is 0 Å². The van der Waals surface area contributed by atoms with Crippen molar-refractivity contribution < 1.29 is 14.6 Å². The highest BCUT2D eigenvalue weighted by Gasteiger charge is 2.47. The Morgan fingerprint density at radius 1 is 1.42 bits per heavy atom. The predicted octanol–water partition coefficient (Wildman–Crippen LogP) is 3.98. The molecule has 0 spiro atoms. The van der Waals surface area contributed by atoms with Gasteiger partial charge in [0.15, 0.2) is 0 Å². The van der Waals surface area contributed by atoms with Crippen molar-refractivity contribution in [1.29, 1.82) is 0 Å². The summed E-state index contributed by atoms with van der Waals surface area (Å²) in [7, 11) is 1.56. The van der Waals surface area contributed by atoms with Crippen LogP contribution in [0.15, 0.2) is 12.1 Å². The molecule has 4 heteroatoms. The Balaban J connectivity index is 2.61. The normalized spacial score (nSPS) is 17.1. The number of hydrogen-bond donors (Lipinski definition) is 1. The van der Waals surface area contributed by atoms with Crippen LogP contribution in [0.3, 0.4) is 0 Å². The minimum atomic E-state index is -0.824. The number of aliphatic carboxylic acids is 1. The zero-order chi connectivity index (χ0) is 14.2. The number of hydrogen-bond acceptors (Lipinski definition) is 2. The molecule has 0 aromatic heterocycles. The minimum absolute atomic E-state index is 0.302. The van der Waals surface area contributed by atoms with E-state index >= 15 is 0 Å². The van der Waals surface area contributed by atoms with Gasteiger partial charge in [0.1, 0.15) is 5.75 Å². The van der Waals surface area contributed by atoms with E-state index in [1.807, 2.05) is 12.1 Å². The summed E-state index contributed by atoms with van der Waals surface area (Å²) in [4.78, 5) is 11.6. The number of rotatable bonds is 4. The van der Waals surface area contributed by atoms with E-state index in [4.69, 9.17) is 16.3 Å². The Kier molecular flexibility index (Phi) is 3.77. The lowest BCUT2D eigenvalue weighted by Gasteiger charge is -2.39. The minimum Gasteiger partial charge on any atom is -0.495 e. The zero-order valence-corrected chi connectivity index (χ0v) is 12.3. The van der Waals surface area contributed by atoms with Crippen molar-refractivity contribution in [2.45, 2.75) is 44.4 Å². The van der Waals surface area contributed by atoms with Gasteiger partial charge in [-0.25, -0.2) is 0 Å². The van der Waals surface area contributed by atoms with Gasteiger partial charge in [-0.05, 0) is 36.0 Å². The summed E-state index contributed by atoms with van der Waals surface area (Å²) in [5, 5.41) is 9.99. The smallest absolute Gasteiger partial charge is 0.314 e. The second-order valence-electron chi connectivity index (χ2n) is 5.48. The fourth-order valence-electron chi connectivity index (χ4n) is 2.58. The highest BCUT2D eigenvalue weighted by molar-refractivity contribution is 6.33. The molecule has 104 valence electrons. The van der Waals surface area contributed by atoms with Crippen LogP contribution in [0.5, 0.6) is 5.75 Å². The summed E-state index contributed by atoms with van der Waals surface area (Å²) in [5.41, 5.74) is 0.940. The van der Waals surface area contributed by atoms with E-state index in [0.29, 0.717) is 35.1 Å². The maximum atomic E-state index is 11.6. The molecule has 1 fully saturated rings. The fraction of sp³-hybridized carbons (Fsp3) is 0.533. The van der Waals surface area contributed by atoms with Gasteiger partial charge in [0.2, 0.25) is 0 Å². The SMILES string of the molecule is COc1cc(C(C)C)cc(C2(C(=O)O)CCC2)c1Cl. The van der Waals surface area contributed by atoms with E-state index < -0.39 is 11.4 Å². The highest BCUT2D eigenvalue weighted by Crippen LogP contribution is 2.49. The van der Waals surface area contributed by atoms with Gasteiger partial charge >= 0.3 is 5.97 Å². The van der Waals surface area contributed by atoms with Crippen molar-refractivity contribution >= 4 is 17.6 Å². The summed E-state index contributed by atoms with van der Waals surface area (Å²) in [6.07, 6.45) is 2.22. The Morgan fingerprint density at radius 2 is 2.05 bits per heavy atom. The van der Waals surface area contributed by atoms with Gasteiger partial charge in [0, 0.05) is 0 Å². The van der Waals surface area contributed by atoms with Crippen LogP contribution in [0, 0.1) is 0 Å². The number of methoxy groups -OCH3 is 1. The Labute approximate surface area is 118 Å². The lowest BCUT2D eigenvalue weighted by molar-refractivity contribution is -0.147. The van der Waals surface area contributed by atoms with Crippen molar-refractivity contribution in [2.24, 2.45) is 0 Å². The number of benzene rings is 1.